The first-order chi connectivity index (χ1) is 13.0. The Morgan fingerprint density at radius 1 is 1.11 bits per heavy atom. The smallest absolute Gasteiger partial charge is 0.228 e. The Kier molecular flexibility index (Phi) is 6.01. The summed E-state index contributed by atoms with van der Waals surface area (Å²) in [7, 11) is 1.63. The molecule has 5 nitrogen and oxygen atoms in total. The van der Waals surface area contributed by atoms with Gasteiger partial charge in [0.15, 0.2) is 0 Å². The van der Waals surface area contributed by atoms with Crippen molar-refractivity contribution in [2.75, 3.05) is 19.0 Å². The van der Waals surface area contributed by atoms with Crippen LogP contribution in [-0.2, 0) is 16.0 Å². The lowest BCUT2D eigenvalue weighted by Gasteiger charge is -2.09. The van der Waals surface area contributed by atoms with Crippen molar-refractivity contribution in [3.63, 3.8) is 0 Å². The van der Waals surface area contributed by atoms with Crippen molar-refractivity contribution in [1.82, 2.24) is 5.32 Å². The molecule has 2 aromatic carbocycles. The van der Waals surface area contributed by atoms with Crippen LogP contribution in [0.1, 0.15) is 17.5 Å². The fraction of sp³-hybridized carbons (Fsp3) is 0.333. The van der Waals surface area contributed by atoms with Crippen molar-refractivity contribution < 1.29 is 14.3 Å². The molecule has 142 valence electrons. The second-order valence-electron chi connectivity index (χ2n) is 6.79. The number of halogens is 1. The van der Waals surface area contributed by atoms with Gasteiger partial charge in [-0.05, 0) is 55.2 Å². The first-order valence-electron chi connectivity index (χ1n) is 8.95. The van der Waals surface area contributed by atoms with E-state index in [4.69, 9.17) is 16.3 Å². The SMILES string of the molecule is COc1ccc(CCNC(=O)C2CC2C(=O)Nc2cc(Cl)ccc2C)cc1. The topological polar surface area (TPSA) is 67.4 Å². The Morgan fingerprint density at radius 2 is 1.81 bits per heavy atom. The maximum absolute atomic E-state index is 12.4. The number of nitrogens with one attached hydrogen (secondary N) is 2. The molecular formula is C21H23ClN2O3. The van der Waals surface area contributed by atoms with Crippen LogP contribution in [0.25, 0.3) is 0 Å². The van der Waals surface area contributed by atoms with E-state index < -0.39 is 0 Å². The van der Waals surface area contributed by atoms with E-state index in [0.717, 1.165) is 23.3 Å². The molecule has 0 aliphatic heterocycles. The Balaban J connectivity index is 1.44. The average molecular weight is 387 g/mol. The van der Waals surface area contributed by atoms with Gasteiger partial charge < -0.3 is 15.4 Å². The maximum atomic E-state index is 12.4. The number of ether oxygens (including phenoxy) is 1. The van der Waals surface area contributed by atoms with E-state index >= 15 is 0 Å². The molecule has 1 saturated carbocycles. The molecular weight excluding hydrogens is 364 g/mol. The van der Waals surface area contributed by atoms with E-state index in [1.807, 2.05) is 37.3 Å². The number of carbonyl (C=O) groups is 2. The van der Waals surface area contributed by atoms with E-state index in [1.165, 1.54) is 0 Å². The maximum Gasteiger partial charge on any atom is 0.228 e. The van der Waals surface area contributed by atoms with Gasteiger partial charge in [0.1, 0.15) is 5.75 Å². The van der Waals surface area contributed by atoms with E-state index in [0.29, 0.717) is 23.7 Å². The highest BCUT2D eigenvalue weighted by molar-refractivity contribution is 6.31. The minimum absolute atomic E-state index is 0.0634. The lowest BCUT2D eigenvalue weighted by atomic mass is 10.1. The van der Waals surface area contributed by atoms with E-state index in [1.54, 1.807) is 19.2 Å². The average Bonchev–Trinajstić information content (AvgIpc) is 3.46. The Morgan fingerprint density at radius 3 is 2.52 bits per heavy atom. The van der Waals surface area contributed by atoms with Crippen LogP contribution in [0.5, 0.6) is 5.75 Å². The molecule has 2 unspecified atom stereocenters. The van der Waals surface area contributed by atoms with Crippen molar-refractivity contribution in [2.45, 2.75) is 19.8 Å². The van der Waals surface area contributed by atoms with Crippen LogP contribution in [0.3, 0.4) is 0 Å². The van der Waals surface area contributed by atoms with Crippen molar-refractivity contribution in [2.24, 2.45) is 11.8 Å². The van der Waals surface area contributed by atoms with Gasteiger partial charge in [0.25, 0.3) is 0 Å². The van der Waals surface area contributed by atoms with Crippen LogP contribution in [0, 0.1) is 18.8 Å². The van der Waals surface area contributed by atoms with Gasteiger partial charge in [-0.15, -0.1) is 0 Å². The van der Waals surface area contributed by atoms with Gasteiger partial charge in [-0.3, -0.25) is 9.59 Å². The fourth-order valence-electron chi connectivity index (χ4n) is 2.98. The van der Waals surface area contributed by atoms with E-state index in [9.17, 15) is 9.59 Å². The van der Waals surface area contributed by atoms with Crippen molar-refractivity contribution in [1.29, 1.82) is 0 Å². The third kappa shape index (κ3) is 5.01. The normalized spacial score (nSPS) is 17.9. The van der Waals surface area contributed by atoms with Crippen LogP contribution in [0.4, 0.5) is 5.69 Å². The van der Waals surface area contributed by atoms with Crippen LogP contribution < -0.4 is 15.4 Å². The fourth-order valence-corrected chi connectivity index (χ4v) is 3.15. The molecule has 6 heteroatoms. The molecule has 2 aromatic rings. The van der Waals surface area contributed by atoms with Crippen LogP contribution in [0.2, 0.25) is 5.02 Å². The summed E-state index contributed by atoms with van der Waals surface area (Å²) in [4.78, 5) is 24.6. The van der Waals surface area contributed by atoms with E-state index in [2.05, 4.69) is 10.6 Å². The van der Waals surface area contributed by atoms with E-state index in [-0.39, 0.29) is 23.7 Å². The standard InChI is InChI=1S/C21H23ClN2O3/c1-13-3-6-15(22)11-19(13)24-21(26)18-12-17(18)20(25)23-10-9-14-4-7-16(27-2)8-5-14/h3-8,11,17-18H,9-10,12H2,1-2H3,(H,23,25)(H,24,26). The summed E-state index contributed by atoms with van der Waals surface area (Å²) in [6.45, 7) is 2.45. The van der Waals surface area contributed by atoms with Crippen LogP contribution in [0.15, 0.2) is 42.5 Å². The van der Waals surface area contributed by atoms with Crippen molar-refractivity contribution in [3.8, 4) is 5.75 Å². The minimum Gasteiger partial charge on any atom is -0.497 e. The molecule has 2 N–H and O–H groups in total. The van der Waals surface area contributed by atoms with Gasteiger partial charge in [-0.2, -0.15) is 0 Å². The highest BCUT2D eigenvalue weighted by Crippen LogP contribution is 2.39. The van der Waals surface area contributed by atoms with Crippen molar-refractivity contribution >= 4 is 29.1 Å². The molecule has 0 heterocycles. The van der Waals surface area contributed by atoms with Gasteiger partial charge >= 0.3 is 0 Å². The third-order valence-electron chi connectivity index (χ3n) is 4.79. The zero-order chi connectivity index (χ0) is 19.4. The predicted molar refractivity (Wildman–Crippen MR) is 106 cm³/mol. The summed E-state index contributed by atoms with van der Waals surface area (Å²) in [5.74, 6) is 0.0939. The molecule has 0 aromatic heterocycles. The summed E-state index contributed by atoms with van der Waals surface area (Å²) < 4.78 is 5.13. The molecule has 0 spiro atoms. The number of hydrogen-bond donors (Lipinski definition) is 2. The third-order valence-corrected chi connectivity index (χ3v) is 5.03. The minimum atomic E-state index is -0.274. The summed E-state index contributed by atoms with van der Waals surface area (Å²) in [5.41, 5.74) is 2.75. The molecule has 0 saturated heterocycles. The Hall–Kier alpha value is -2.53. The molecule has 1 aliphatic rings. The molecule has 2 amide bonds. The summed E-state index contributed by atoms with van der Waals surface area (Å²) in [6.07, 6.45) is 1.32. The largest absolute Gasteiger partial charge is 0.497 e. The van der Waals surface area contributed by atoms with Crippen molar-refractivity contribution in [3.05, 3.63) is 58.6 Å². The van der Waals surface area contributed by atoms with Crippen LogP contribution >= 0.6 is 11.6 Å². The monoisotopic (exact) mass is 386 g/mol. The van der Waals surface area contributed by atoms with Gasteiger partial charge in [-0.1, -0.05) is 29.8 Å². The van der Waals surface area contributed by atoms with Gasteiger partial charge in [0.05, 0.1) is 18.9 Å². The Labute approximate surface area is 164 Å². The highest BCUT2D eigenvalue weighted by atomic mass is 35.5. The molecule has 1 aliphatic carbocycles. The number of methoxy groups -OCH3 is 1. The summed E-state index contributed by atoms with van der Waals surface area (Å²) >= 11 is 5.98. The lowest BCUT2D eigenvalue weighted by Crippen LogP contribution is -2.29. The number of hydrogen-bond acceptors (Lipinski definition) is 3. The first-order valence-corrected chi connectivity index (χ1v) is 9.33. The molecule has 27 heavy (non-hydrogen) atoms. The number of anilines is 1. The number of amides is 2. The number of rotatable bonds is 7. The van der Waals surface area contributed by atoms with Crippen LogP contribution in [-0.4, -0.2) is 25.5 Å². The van der Waals surface area contributed by atoms with Gasteiger partial charge in [0, 0.05) is 17.3 Å². The lowest BCUT2D eigenvalue weighted by molar-refractivity contribution is -0.125. The van der Waals surface area contributed by atoms with Gasteiger partial charge in [0.2, 0.25) is 11.8 Å². The summed E-state index contributed by atoms with van der Waals surface area (Å²) in [6, 6.07) is 13.1. The quantitative estimate of drug-likeness (QED) is 0.764. The first kappa shape index (κ1) is 19.2. The second kappa shape index (κ2) is 8.44. The molecule has 3 rings (SSSR count). The number of aryl methyl sites for hydroxylation is 1. The molecule has 2 atom stereocenters. The Bertz CT molecular complexity index is 836. The predicted octanol–water partition coefficient (Wildman–Crippen LogP) is 3.59. The molecule has 0 bridgehead atoms. The zero-order valence-corrected chi connectivity index (χ0v) is 16.2. The zero-order valence-electron chi connectivity index (χ0n) is 15.4. The highest BCUT2D eigenvalue weighted by Gasteiger charge is 2.47. The second-order valence-corrected chi connectivity index (χ2v) is 7.22. The number of carbonyl (C=O) groups excluding carboxylic acids is 2. The number of benzene rings is 2. The van der Waals surface area contributed by atoms with Gasteiger partial charge in [-0.25, -0.2) is 0 Å². The molecule has 1 fully saturated rings. The summed E-state index contributed by atoms with van der Waals surface area (Å²) in [5, 5.41) is 6.36. The molecule has 0 radical (unpaired) electrons.